The van der Waals surface area contributed by atoms with Crippen molar-refractivity contribution in [2.24, 2.45) is 5.73 Å². The number of halogens is 1. The van der Waals surface area contributed by atoms with Gasteiger partial charge in [0.1, 0.15) is 5.82 Å². The Morgan fingerprint density at radius 2 is 2.06 bits per heavy atom. The molecule has 0 amide bonds. The van der Waals surface area contributed by atoms with Crippen molar-refractivity contribution in [3.8, 4) is 0 Å². The molecule has 0 aliphatic heterocycles. The molecular formula is C13H21FN2O. The van der Waals surface area contributed by atoms with Crippen LogP contribution in [0.4, 0.5) is 10.1 Å². The van der Waals surface area contributed by atoms with Gasteiger partial charge < -0.3 is 15.4 Å². The minimum Gasteiger partial charge on any atom is -0.380 e. The van der Waals surface area contributed by atoms with E-state index in [0.717, 1.165) is 13.0 Å². The lowest BCUT2D eigenvalue weighted by Gasteiger charge is -2.24. The summed E-state index contributed by atoms with van der Waals surface area (Å²) in [6.45, 7) is 5.30. The summed E-state index contributed by atoms with van der Waals surface area (Å²) in [6.07, 6.45) is 0.848. The zero-order valence-corrected chi connectivity index (χ0v) is 10.4. The maximum atomic E-state index is 13.7. The second kappa shape index (κ2) is 8.03. The predicted molar refractivity (Wildman–Crippen MR) is 68.8 cm³/mol. The Morgan fingerprint density at radius 3 is 2.71 bits per heavy atom. The van der Waals surface area contributed by atoms with Crippen molar-refractivity contribution in [2.45, 2.75) is 13.3 Å². The Balaban J connectivity index is 2.64. The molecule has 0 unspecified atom stereocenters. The molecule has 0 fully saturated rings. The largest absolute Gasteiger partial charge is 0.380 e. The maximum absolute atomic E-state index is 13.7. The van der Waals surface area contributed by atoms with Crippen molar-refractivity contribution >= 4 is 5.69 Å². The molecule has 0 bridgehead atoms. The number of benzene rings is 1. The summed E-state index contributed by atoms with van der Waals surface area (Å²) >= 11 is 0. The van der Waals surface area contributed by atoms with E-state index in [2.05, 4.69) is 0 Å². The predicted octanol–water partition coefficient (Wildman–Crippen LogP) is 2.02. The van der Waals surface area contributed by atoms with Gasteiger partial charge in [0.05, 0.1) is 12.3 Å². The molecule has 3 nitrogen and oxygen atoms in total. The smallest absolute Gasteiger partial charge is 0.146 e. The Kier molecular flexibility index (Phi) is 6.58. The summed E-state index contributed by atoms with van der Waals surface area (Å²) in [7, 11) is 0. The molecule has 96 valence electrons. The van der Waals surface area contributed by atoms with Gasteiger partial charge >= 0.3 is 0 Å². The monoisotopic (exact) mass is 240 g/mol. The van der Waals surface area contributed by atoms with Crippen LogP contribution in [-0.4, -0.2) is 32.8 Å². The van der Waals surface area contributed by atoms with Crippen LogP contribution in [0.5, 0.6) is 0 Å². The number of hydrogen-bond acceptors (Lipinski definition) is 3. The molecule has 1 rings (SSSR count). The first-order chi connectivity index (χ1) is 8.29. The Hall–Kier alpha value is -1.13. The summed E-state index contributed by atoms with van der Waals surface area (Å²) in [5, 5.41) is 0. The maximum Gasteiger partial charge on any atom is 0.146 e. The summed E-state index contributed by atoms with van der Waals surface area (Å²) < 4.78 is 19.0. The molecule has 2 N–H and O–H groups in total. The molecule has 1 aromatic carbocycles. The Labute approximate surface area is 102 Å². The highest BCUT2D eigenvalue weighted by atomic mass is 19.1. The molecule has 0 spiro atoms. The quantitative estimate of drug-likeness (QED) is 0.706. The van der Waals surface area contributed by atoms with Crippen molar-refractivity contribution < 1.29 is 9.13 Å². The summed E-state index contributed by atoms with van der Waals surface area (Å²) in [5.74, 6) is -0.194. The number of para-hydroxylation sites is 1. The minimum absolute atomic E-state index is 0.194. The van der Waals surface area contributed by atoms with Gasteiger partial charge in [0, 0.05) is 19.7 Å². The highest BCUT2D eigenvalue weighted by Crippen LogP contribution is 2.18. The summed E-state index contributed by atoms with van der Waals surface area (Å²) in [6, 6.07) is 6.81. The van der Waals surface area contributed by atoms with Crippen molar-refractivity contribution in [1.82, 2.24) is 0 Å². The van der Waals surface area contributed by atoms with E-state index in [-0.39, 0.29) is 5.82 Å². The molecule has 0 aliphatic carbocycles. The average molecular weight is 240 g/mol. The molecule has 0 radical (unpaired) electrons. The van der Waals surface area contributed by atoms with E-state index in [9.17, 15) is 4.39 Å². The highest BCUT2D eigenvalue weighted by molar-refractivity contribution is 5.47. The molecule has 0 aromatic heterocycles. The van der Waals surface area contributed by atoms with Crippen LogP contribution in [-0.2, 0) is 4.74 Å². The van der Waals surface area contributed by atoms with Gasteiger partial charge in [-0.15, -0.1) is 0 Å². The average Bonchev–Trinajstić information content (AvgIpc) is 2.35. The van der Waals surface area contributed by atoms with E-state index in [1.54, 1.807) is 12.1 Å². The van der Waals surface area contributed by atoms with Gasteiger partial charge in [0.15, 0.2) is 0 Å². The highest BCUT2D eigenvalue weighted by Gasteiger charge is 2.10. The summed E-state index contributed by atoms with van der Waals surface area (Å²) in [4.78, 5) is 1.98. The minimum atomic E-state index is -0.194. The van der Waals surface area contributed by atoms with Crippen LogP contribution in [0.3, 0.4) is 0 Å². The molecule has 0 heterocycles. The SMILES string of the molecule is CCOCCN(CCCN)c1ccccc1F. The number of hydrogen-bond donors (Lipinski definition) is 1. The topological polar surface area (TPSA) is 38.5 Å². The zero-order valence-electron chi connectivity index (χ0n) is 10.4. The number of rotatable bonds is 8. The molecule has 4 heteroatoms. The molecule has 0 aliphatic rings. The molecule has 0 atom stereocenters. The fourth-order valence-electron chi connectivity index (χ4n) is 1.66. The van der Waals surface area contributed by atoms with Gasteiger partial charge in [0.25, 0.3) is 0 Å². The van der Waals surface area contributed by atoms with Crippen LogP contribution in [0.15, 0.2) is 24.3 Å². The zero-order chi connectivity index (χ0) is 12.5. The molecule has 17 heavy (non-hydrogen) atoms. The van der Waals surface area contributed by atoms with E-state index in [1.807, 2.05) is 17.9 Å². The fraction of sp³-hybridized carbons (Fsp3) is 0.538. The van der Waals surface area contributed by atoms with Gasteiger partial charge in [-0.1, -0.05) is 12.1 Å². The van der Waals surface area contributed by atoms with E-state index in [1.165, 1.54) is 6.07 Å². The number of anilines is 1. The van der Waals surface area contributed by atoms with Crippen LogP contribution in [0.25, 0.3) is 0 Å². The first-order valence-electron chi connectivity index (χ1n) is 6.07. The molecule has 0 saturated carbocycles. The van der Waals surface area contributed by atoms with Crippen molar-refractivity contribution in [2.75, 3.05) is 37.7 Å². The van der Waals surface area contributed by atoms with Crippen molar-refractivity contribution in [1.29, 1.82) is 0 Å². The summed E-state index contributed by atoms with van der Waals surface area (Å²) in [5.41, 5.74) is 6.12. The van der Waals surface area contributed by atoms with E-state index < -0.39 is 0 Å². The lowest BCUT2D eigenvalue weighted by Crippen LogP contribution is -2.30. The normalized spacial score (nSPS) is 10.5. The van der Waals surface area contributed by atoms with E-state index in [0.29, 0.717) is 32.0 Å². The Morgan fingerprint density at radius 1 is 1.29 bits per heavy atom. The van der Waals surface area contributed by atoms with E-state index in [4.69, 9.17) is 10.5 Å². The van der Waals surface area contributed by atoms with Gasteiger partial charge in [-0.3, -0.25) is 0 Å². The third-order valence-electron chi connectivity index (χ3n) is 2.53. The van der Waals surface area contributed by atoms with Crippen LogP contribution in [0.2, 0.25) is 0 Å². The first kappa shape index (κ1) is 13.9. The van der Waals surface area contributed by atoms with Crippen molar-refractivity contribution in [3.05, 3.63) is 30.1 Å². The van der Waals surface area contributed by atoms with Crippen LogP contribution in [0, 0.1) is 5.82 Å². The van der Waals surface area contributed by atoms with Gasteiger partial charge in [-0.2, -0.15) is 0 Å². The second-order valence-corrected chi connectivity index (χ2v) is 3.78. The van der Waals surface area contributed by atoms with Crippen LogP contribution < -0.4 is 10.6 Å². The van der Waals surface area contributed by atoms with Crippen molar-refractivity contribution in [3.63, 3.8) is 0 Å². The van der Waals surface area contributed by atoms with Crippen LogP contribution in [0.1, 0.15) is 13.3 Å². The molecular weight excluding hydrogens is 219 g/mol. The molecule has 0 saturated heterocycles. The third kappa shape index (κ3) is 4.71. The number of nitrogens with zero attached hydrogens (tertiary/aromatic N) is 1. The lowest BCUT2D eigenvalue weighted by atomic mass is 10.2. The third-order valence-corrected chi connectivity index (χ3v) is 2.53. The first-order valence-corrected chi connectivity index (χ1v) is 6.07. The van der Waals surface area contributed by atoms with Gasteiger partial charge in [0.2, 0.25) is 0 Å². The number of ether oxygens (including phenoxy) is 1. The van der Waals surface area contributed by atoms with Crippen LogP contribution >= 0.6 is 0 Å². The second-order valence-electron chi connectivity index (χ2n) is 3.78. The standard InChI is InChI=1S/C13H21FN2O/c1-2-17-11-10-16(9-5-8-15)13-7-4-3-6-12(13)14/h3-4,6-7H,2,5,8-11,15H2,1H3. The molecule has 1 aromatic rings. The van der Waals surface area contributed by atoms with E-state index >= 15 is 0 Å². The van der Waals surface area contributed by atoms with Gasteiger partial charge in [-0.05, 0) is 32.0 Å². The fourth-order valence-corrected chi connectivity index (χ4v) is 1.66. The number of nitrogens with two attached hydrogens (primary N) is 1. The lowest BCUT2D eigenvalue weighted by molar-refractivity contribution is 0.153. The Bertz CT molecular complexity index is 320. The van der Waals surface area contributed by atoms with Gasteiger partial charge in [-0.25, -0.2) is 4.39 Å².